The number of rotatable bonds is 1. The molecular weight excluding hydrogens is 208 g/mol. The van der Waals surface area contributed by atoms with Gasteiger partial charge in [-0.15, -0.1) is 0 Å². The number of methoxy groups -OCH3 is 1. The van der Waals surface area contributed by atoms with Gasteiger partial charge in [-0.25, -0.2) is 4.79 Å². The number of ether oxygens (including phenoxy) is 1. The summed E-state index contributed by atoms with van der Waals surface area (Å²) in [5.74, 6) is -1.38. The van der Waals surface area contributed by atoms with Crippen molar-refractivity contribution in [2.75, 3.05) is 7.11 Å². The number of phenols is 2. The van der Waals surface area contributed by atoms with Crippen LogP contribution in [0.3, 0.4) is 0 Å². The minimum Gasteiger partial charge on any atom is -0.504 e. The lowest BCUT2D eigenvalue weighted by Crippen LogP contribution is -2.04. The van der Waals surface area contributed by atoms with Crippen LogP contribution >= 0.6 is 11.6 Å². The van der Waals surface area contributed by atoms with Crippen molar-refractivity contribution >= 4 is 17.6 Å². The monoisotopic (exact) mass is 216 g/mol. The number of carbonyl (C=O) groups is 1. The average Bonchev–Trinajstić information content (AvgIpc) is 2.14. The van der Waals surface area contributed by atoms with Crippen molar-refractivity contribution in [3.63, 3.8) is 0 Å². The highest BCUT2D eigenvalue weighted by molar-refractivity contribution is 6.34. The summed E-state index contributed by atoms with van der Waals surface area (Å²) < 4.78 is 4.48. The highest BCUT2D eigenvalue weighted by Gasteiger charge is 2.19. The third kappa shape index (κ3) is 1.61. The largest absolute Gasteiger partial charge is 0.504 e. The van der Waals surface area contributed by atoms with Crippen LogP contribution < -0.4 is 0 Å². The molecular formula is C9H9ClO4. The summed E-state index contributed by atoms with van der Waals surface area (Å²) in [6.07, 6.45) is 0. The zero-order chi connectivity index (χ0) is 10.9. The lowest BCUT2D eigenvalue weighted by atomic mass is 10.1. The van der Waals surface area contributed by atoms with E-state index >= 15 is 0 Å². The zero-order valence-corrected chi connectivity index (χ0v) is 8.42. The maximum absolute atomic E-state index is 11.2. The Balaban J connectivity index is 3.44. The molecule has 0 heterocycles. The molecule has 0 aliphatic carbocycles. The molecule has 76 valence electrons. The molecule has 0 radical (unpaired) electrons. The second kappa shape index (κ2) is 3.75. The summed E-state index contributed by atoms with van der Waals surface area (Å²) in [6.45, 7) is 1.47. The number of esters is 1. The van der Waals surface area contributed by atoms with Gasteiger partial charge in [0.05, 0.1) is 17.7 Å². The standard InChI is InChI=1S/C9H9ClO4/c1-4-7(9(13)14-2)5(10)3-6(11)8(4)12/h3,11-12H,1-2H3. The fraction of sp³-hybridized carbons (Fsp3) is 0.222. The van der Waals surface area contributed by atoms with Crippen LogP contribution in [0, 0.1) is 6.92 Å². The minimum atomic E-state index is -0.650. The molecule has 0 bridgehead atoms. The van der Waals surface area contributed by atoms with Gasteiger partial charge in [-0.3, -0.25) is 0 Å². The molecule has 0 saturated carbocycles. The fourth-order valence-electron chi connectivity index (χ4n) is 1.10. The Morgan fingerprint density at radius 3 is 2.57 bits per heavy atom. The van der Waals surface area contributed by atoms with E-state index in [9.17, 15) is 15.0 Å². The Morgan fingerprint density at radius 2 is 2.07 bits per heavy atom. The number of carbonyl (C=O) groups excluding carboxylic acids is 1. The summed E-state index contributed by atoms with van der Waals surface area (Å²) >= 11 is 5.71. The first-order valence-corrected chi connectivity index (χ1v) is 4.16. The van der Waals surface area contributed by atoms with E-state index < -0.39 is 5.97 Å². The predicted octanol–water partition coefficient (Wildman–Crippen LogP) is 1.85. The van der Waals surface area contributed by atoms with Crippen LogP contribution in [0.1, 0.15) is 15.9 Å². The van der Waals surface area contributed by atoms with E-state index in [0.29, 0.717) is 0 Å². The second-order valence-electron chi connectivity index (χ2n) is 2.72. The SMILES string of the molecule is COC(=O)c1c(Cl)cc(O)c(O)c1C. The number of hydrogen-bond donors (Lipinski definition) is 2. The number of halogens is 1. The van der Waals surface area contributed by atoms with E-state index in [-0.39, 0.29) is 27.6 Å². The Morgan fingerprint density at radius 1 is 1.50 bits per heavy atom. The van der Waals surface area contributed by atoms with Gasteiger partial charge in [0.1, 0.15) is 0 Å². The Hall–Kier alpha value is -1.42. The lowest BCUT2D eigenvalue weighted by molar-refractivity contribution is 0.0599. The van der Waals surface area contributed by atoms with E-state index in [1.165, 1.54) is 14.0 Å². The molecule has 0 aliphatic rings. The molecule has 0 atom stereocenters. The molecule has 0 spiro atoms. The van der Waals surface area contributed by atoms with Crippen molar-refractivity contribution in [1.82, 2.24) is 0 Å². The van der Waals surface area contributed by atoms with E-state index in [2.05, 4.69) is 4.74 Å². The van der Waals surface area contributed by atoms with Gasteiger partial charge < -0.3 is 14.9 Å². The topological polar surface area (TPSA) is 66.8 Å². The van der Waals surface area contributed by atoms with Crippen LogP contribution in [0.2, 0.25) is 5.02 Å². The molecule has 0 aromatic heterocycles. The molecule has 0 fully saturated rings. The van der Waals surface area contributed by atoms with E-state index in [0.717, 1.165) is 6.07 Å². The Kier molecular flexibility index (Phi) is 2.86. The van der Waals surface area contributed by atoms with Gasteiger partial charge in [0.25, 0.3) is 0 Å². The van der Waals surface area contributed by atoms with Crippen molar-refractivity contribution in [3.05, 3.63) is 22.2 Å². The Labute approximate surface area is 85.7 Å². The van der Waals surface area contributed by atoms with Crippen molar-refractivity contribution in [1.29, 1.82) is 0 Å². The molecule has 0 saturated heterocycles. The molecule has 1 aromatic rings. The summed E-state index contributed by atoms with van der Waals surface area (Å²) in [7, 11) is 1.21. The molecule has 1 rings (SSSR count). The van der Waals surface area contributed by atoms with Crippen molar-refractivity contribution in [2.45, 2.75) is 6.92 Å². The molecule has 5 heteroatoms. The Bertz CT molecular complexity index is 387. The van der Waals surface area contributed by atoms with Gasteiger partial charge in [0, 0.05) is 11.6 Å². The molecule has 1 aromatic carbocycles. The van der Waals surface area contributed by atoms with Gasteiger partial charge >= 0.3 is 5.97 Å². The third-order valence-electron chi connectivity index (χ3n) is 1.86. The van der Waals surface area contributed by atoms with Crippen molar-refractivity contribution in [3.8, 4) is 11.5 Å². The highest BCUT2D eigenvalue weighted by atomic mass is 35.5. The van der Waals surface area contributed by atoms with Gasteiger partial charge in [-0.05, 0) is 6.92 Å². The third-order valence-corrected chi connectivity index (χ3v) is 2.16. The zero-order valence-electron chi connectivity index (χ0n) is 7.67. The molecule has 4 nitrogen and oxygen atoms in total. The number of benzene rings is 1. The van der Waals surface area contributed by atoms with Gasteiger partial charge in [0.15, 0.2) is 11.5 Å². The van der Waals surface area contributed by atoms with Crippen LogP contribution in [0.25, 0.3) is 0 Å². The van der Waals surface area contributed by atoms with Crippen LogP contribution in [0.15, 0.2) is 6.07 Å². The summed E-state index contributed by atoms with van der Waals surface area (Å²) in [5.41, 5.74) is 0.256. The first-order chi connectivity index (χ1) is 6.49. The van der Waals surface area contributed by atoms with Crippen LogP contribution in [0.5, 0.6) is 11.5 Å². The smallest absolute Gasteiger partial charge is 0.339 e. The number of hydrogen-bond acceptors (Lipinski definition) is 4. The number of phenolic OH excluding ortho intramolecular Hbond substituents is 2. The summed E-state index contributed by atoms with van der Waals surface area (Å²) in [4.78, 5) is 11.2. The van der Waals surface area contributed by atoms with Crippen molar-refractivity contribution in [2.24, 2.45) is 0 Å². The van der Waals surface area contributed by atoms with Crippen LogP contribution in [0.4, 0.5) is 0 Å². The molecule has 0 amide bonds. The quantitative estimate of drug-likeness (QED) is 0.555. The summed E-state index contributed by atoms with van der Waals surface area (Å²) in [5, 5.41) is 18.6. The second-order valence-corrected chi connectivity index (χ2v) is 3.12. The molecule has 0 aliphatic heterocycles. The molecule has 0 unspecified atom stereocenters. The van der Waals surface area contributed by atoms with E-state index in [1.807, 2.05) is 0 Å². The highest BCUT2D eigenvalue weighted by Crippen LogP contribution is 2.36. The maximum atomic E-state index is 11.2. The van der Waals surface area contributed by atoms with Gasteiger partial charge in [-0.1, -0.05) is 11.6 Å². The predicted molar refractivity (Wildman–Crippen MR) is 50.9 cm³/mol. The van der Waals surface area contributed by atoms with E-state index in [4.69, 9.17) is 11.6 Å². The van der Waals surface area contributed by atoms with Crippen LogP contribution in [-0.4, -0.2) is 23.3 Å². The summed E-state index contributed by atoms with van der Waals surface area (Å²) in [6, 6.07) is 1.09. The molecule has 14 heavy (non-hydrogen) atoms. The molecule has 2 N–H and O–H groups in total. The normalized spacial score (nSPS) is 9.93. The van der Waals surface area contributed by atoms with E-state index in [1.54, 1.807) is 0 Å². The fourth-order valence-corrected chi connectivity index (χ4v) is 1.43. The van der Waals surface area contributed by atoms with Gasteiger partial charge in [0.2, 0.25) is 0 Å². The van der Waals surface area contributed by atoms with Crippen molar-refractivity contribution < 1.29 is 19.7 Å². The lowest BCUT2D eigenvalue weighted by Gasteiger charge is -2.09. The first-order valence-electron chi connectivity index (χ1n) is 3.78. The average molecular weight is 217 g/mol. The van der Waals surface area contributed by atoms with Gasteiger partial charge in [-0.2, -0.15) is 0 Å². The minimum absolute atomic E-state index is 0.0460. The van der Waals surface area contributed by atoms with Crippen LogP contribution in [-0.2, 0) is 4.74 Å². The first kappa shape index (κ1) is 10.7. The number of aromatic hydroxyl groups is 2. The maximum Gasteiger partial charge on any atom is 0.339 e.